The minimum absolute atomic E-state index is 0.0363. The molecule has 8 heteroatoms. The molecule has 0 spiro atoms. The highest BCUT2D eigenvalue weighted by Gasteiger charge is 2.41. The highest BCUT2D eigenvalue weighted by atomic mass is 19.4. The summed E-state index contributed by atoms with van der Waals surface area (Å²) in [6.07, 6.45) is -3.36. The van der Waals surface area contributed by atoms with Crippen LogP contribution >= 0.6 is 0 Å². The summed E-state index contributed by atoms with van der Waals surface area (Å²) in [6.45, 7) is 4.76. The third-order valence-electron chi connectivity index (χ3n) is 3.08. The molecule has 2 aromatic rings. The van der Waals surface area contributed by atoms with E-state index in [1.807, 2.05) is 0 Å². The number of hydrogen-bond acceptors (Lipinski definition) is 3. The van der Waals surface area contributed by atoms with Crippen LogP contribution in [0.1, 0.15) is 31.3 Å². The predicted molar refractivity (Wildman–Crippen MR) is 68.8 cm³/mol. The molecule has 1 N–H and O–H groups in total. The number of aromatic nitrogens is 3. The van der Waals surface area contributed by atoms with Gasteiger partial charge < -0.3 is 5.11 Å². The molecule has 0 saturated heterocycles. The number of carboxylic acids is 1. The van der Waals surface area contributed by atoms with Crippen molar-refractivity contribution < 1.29 is 23.1 Å². The van der Waals surface area contributed by atoms with Crippen molar-refractivity contribution in [3.8, 4) is 0 Å². The Hall–Kier alpha value is -2.12. The quantitative estimate of drug-likeness (QED) is 0.946. The molecule has 1 unspecified atom stereocenters. The molecule has 0 aliphatic carbocycles. The zero-order valence-corrected chi connectivity index (χ0v) is 11.6. The van der Waals surface area contributed by atoms with Gasteiger partial charge in [-0.15, -0.1) is 0 Å². The van der Waals surface area contributed by atoms with Crippen molar-refractivity contribution in [2.75, 3.05) is 0 Å². The van der Waals surface area contributed by atoms with Crippen molar-refractivity contribution in [1.82, 2.24) is 14.5 Å². The number of aliphatic carboxylic acids is 1. The molecule has 0 aliphatic rings. The second-order valence-electron chi connectivity index (χ2n) is 5.19. The first-order chi connectivity index (χ1) is 9.62. The lowest BCUT2D eigenvalue weighted by molar-refractivity contribution is -0.152. The molecule has 1 atom stereocenters. The standard InChI is InChI=1S/C13H14F3N3O2/c1-6(2)9(11(20)21)19-10-8(4-7(3)5-17-10)18-12(19)13(14,15)16/h4-6,9H,1-3H3,(H,20,21). The fraction of sp³-hybridized carbons (Fsp3) is 0.462. The minimum atomic E-state index is -4.75. The summed E-state index contributed by atoms with van der Waals surface area (Å²) in [5, 5.41) is 9.28. The number of halogens is 3. The van der Waals surface area contributed by atoms with Gasteiger partial charge >= 0.3 is 12.1 Å². The highest BCUT2D eigenvalue weighted by Crippen LogP contribution is 2.35. The highest BCUT2D eigenvalue weighted by molar-refractivity contribution is 5.78. The van der Waals surface area contributed by atoms with Crippen molar-refractivity contribution >= 4 is 17.1 Å². The van der Waals surface area contributed by atoms with Crippen LogP contribution < -0.4 is 0 Å². The lowest BCUT2D eigenvalue weighted by Gasteiger charge is -2.21. The number of pyridine rings is 1. The fourth-order valence-corrected chi connectivity index (χ4v) is 2.24. The van der Waals surface area contributed by atoms with Gasteiger partial charge in [0.15, 0.2) is 5.65 Å². The van der Waals surface area contributed by atoms with E-state index in [0.717, 1.165) is 0 Å². The largest absolute Gasteiger partial charge is 0.480 e. The van der Waals surface area contributed by atoms with Gasteiger partial charge in [-0.05, 0) is 24.5 Å². The fourth-order valence-electron chi connectivity index (χ4n) is 2.24. The van der Waals surface area contributed by atoms with Crippen LogP contribution in [0.3, 0.4) is 0 Å². The lowest BCUT2D eigenvalue weighted by atomic mass is 10.0. The van der Waals surface area contributed by atoms with Crippen molar-refractivity contribution in [2.45, 2.75) is 33.0 Å². The summed E-state index contributed by atoms with van der Waals surface area (Å²) in [4.78, 5) is 18.9. The SMILES string of the molecule is Cc1cnc2c(c1)nc(C(F)(F)F)n2C(C(=O)O)C(C)C. The van der Waals surface area contributed by atoms with E-state index in [0.29, 0.717) is 10.1 Å². The number of hydrogen-bond donors (Lipinski definition) is 1. The Morgan fingerprint density at radius 3 is 2.48 bits per heavy atom. The summed E-state index contributed by atoms with van der Waals surface area (Å²) in [6, 6.07) is 0.0645. The van der Waals surface area contributed by atoms with E-state index in [1.165, 1.54) is 12.3 Å². The number of nitrogens with zero attached hydrogens (tertiary/aromatic N) is 3. The number of fused-ring (bicyclic) bond motifs is 1. The Labute approximate surface area is 118 Å². The molecule has 0 fully saturated rings. The van der Waals surface area contributed by atoms with Crippen LogP contribution in [-0.2, 0) is 11.0 Å². The molecular formula is C13H14F3N3O2. The van der Waals surface area contributed by atoms with E-state index in [2.05, 4.69) is 9.97 Å². The molecule has 0 radical (unpaired) electrons. The van der Waals surface area contributed by atoms with Crippen LogP contribution in [0.15, 0.2) is 12.3 Å². The van der Waals surface area contributed by atoms with Gasteiger partial charge in [-0.25, -0.2) is 14.8 Å². The van der Waals surface area contributed by atoms with Gasteiger partial charge in [-0.1, -0.05) is 13.8 Å². The van der Waals surface area contributed by atoms with Gasteiger partial charge in [-0.3, -0.25) is 4.57 Å². The monoisotopic (exact) mass is 301 g/mol. The van der Waals surface area contributed by atoms with Crippen LogP contribution in [-0.4, -0.2) is 25.6 Å². The number of carbonyl (C=O) groups is 1. The molecule has 0 saturated carbocycles. The summed E-state index contributed by atoms with van der Waals surface area (Å²) in [7, 11) is 0. The maximum absolute atomic E-state index is 13.2. The molecule has 0 bridgehead atoms. The van der Waals surface area contributed by atoms with Crippen LogP contribution in [0.5, 0.6) is 0 Å². The van der Waals surface area contributed by atoms with Gasteiger partial charge in [0, 0.05) is 6.20 Å². The Bertz CT molecular complexity index is 692. The molecule has 2 heterocycles. The summed E-state index contributed by atoms with van der Waals surface area (Å²) in [5.74, 6) is -3.14. The van der Waals surface area contributed by atoms with E-state index in [4.69, 9.17) is 0 Å². The molecule has 114 valence electrons. The van der Waals surface area contributed by atoms with Crippen molar-refractivity contribution in [3.63, 3.8) is 0 Å². The average Bonchev–Trinajstić information content (AvgIpc) is 2.66. The van der Waals surface area contributed by atoms with E-state index in [-0.39, 0.29) is 11.2 Å². The molecule has 2 aromatic heterocycles. The van der Waals surface area contributed by atoms with Gasteiger partial charge in [0.2, 0.25) is 5.82 Å². The number of rotatable bonds is 3. The molecule has 5 nitrogen and oxygen atoms in total. The molecule has 0 aliphatic heterocycles. The Kier molecular flexibility index (Phi) is 3.65. The van der Waals surface area contributed by atoms with Gasteiger partial charge in [-0.2, -0.15) is 13.2 Å². The Morgan fingerprint density at radius 1 is 1.38 bits per heavy atom. The van der Waals surface area contributed by atoms with Gasteiger partial charge in [0.1, 0.15) is 11.6 Å². The number of aryl methyl sites for hydroxylation is 1. The van der Waals surface area contributed by atoms with Crippen LogP contribution in [0.4, 0.5) is 13.2 Å². The second-order valence-corrected chi connectivity index (χ2v) is 5.19. The topological polar surface area (TPSA) is 68.0 Å². The normalized spacial score (nSPS) is 13.9. The first-order valence-electron chi connectivity index (χ1n) is 6.27. The van der Waals surface area contributed by atoms with E-state index >= 15 is 0 Å². The zero-order chi connectivity index (χ0) is 15.9. The first-order valence-corrected chi connectivity index (χ1v) is 6.27. The number of carboxylic acid groups (broad SMARTS) is 1. The van der Waals surface area contributed by atoms with Crippen molar-refractivity contribution in [2.24, 2.45) is 5.92 Å². The van der Waals surface area contributed by atoms with Crippen molar-refractivity contribution in [1.29, 1.82) is 0 Å². The predicted octanol–water partition coefficient (Wildman–Crippen LogP) is 3.04. The summed E-state index contributed by atoms with van der Waals surface area (Å²) < 4.78 is 40.2. The zero-order valence-electron chi connectivity index (χ0n) is 11.6. The Balaban J connectivity index is 2.83. The first kappa shape index (κ1) is 15.3. The third kappa shape index (κ3) is 2.70. The molecular weight excluding hydrogens is 287 g/mol. The molecule has 0 amide bonds. The van der Waals surface area contributed by atoms with Gasteiger partial charge in [0.25, 0.3) is 0 Å². The van der Waals surface area contributed by atoms with Crippen LogP contribution in [0.25, 0.3) is 11.2 Å². The molecule has 2 rings (SSSR count). The number of alkyl halides is 3. The van der Waals surface area contributed by atoms with E-state index in [1.54, 1.807) is 20.8 Å². The summed E-state index contributed by atoms with van der Waals surface area (Å²) >= 11 is 0. The van der Waals surface area contributed by atoms with E-state index in [9.17, 15) is 23.1 Å². The van der Waals surface area contributed by atoms with Crippen LogP contribution in [0.2, 0.25) is 0 Å². The number of imidazole rings is 1. The third-order valence-corrected chi connectivity index (χ3v) is 3.08. The Morgan fingerprint density at radius 2 is 2.00 bits per heavy atom. The van der Waals surface area contributed by atoms with E-state index < -0.39 is 29.9 Å². The smallest absolute Gasteiger partial charge is 0.449 e. The van der Waals surface area contributed by atoms with Gasteiger partial charge in [0.05, 0.1) is 0 Å². The lowest BCUT2D eigenvalue weighted by Crippen LogP contribution is -2.28. The average molecular weight is 301 g/mol. The summed E-state index contributed by atoms with van der Waals surface area (Å²) in [5.41, 5.74) is 0.612. The molecule has 0 aromatic carbocycles. The molecule has 21 heavy (non-hydrogen) atoms. The van der Waals surface area contributed by atoms with Crippen molar-refractivity contribution in [3.05, 3.63) is 23.7 Å². The maximum Gasteiger partial charge on any atom is 0.449 e. The van der Waals surface area contributed by atoms with Crippen LogP contribution in [0, 0.1) is 12.8 Å². The minimum Gasteiger partial charge on any atom is -0.480 e. The second kappa shape index (κ2) is 5.01. The maximum atomic E-state index is 13.2.